The van der Waals surface area contributed by atoms with E-state index in [-0.39, 0.29) is 11.1 Å². The Morgan fingerprint density at radius 3 is 1.46 bits per heavy atom. The van der Waals surface area contributed by atoms with Crippen molar-refractivity contribution in [2.45, 2.75) is 65.1 Å². The Bertz CT molecular complexity index is 2090. The number of hydrogen-bond acceptors (Lipinski definition) is 8. The van der Waals surface area contributed by atoms with Crippen LogP contribution in [-0.2, 0) is 65.1 Å². The number of ether oxygens (including phenoxy) is 2. The van der Waals surface area contributed by atoms with Crippen LogP contribution in [0.4, 0.5) is 0 Å². The van der Waals surface area contributed by atoms with Crippen LogP contribution in [0.25, 0.3) is 0 Å². The number of aryl methyl sites for hydroxylation is 4. The summed E-state index contributed by atoms with van der Waals surface area (Å²) in [6.45, 7) is 6.00. The van der Waals surface area contributed by atoms with E-state index in [0.717, 1.165) is 63.3 Å². The van der Waals surface area contributed by atoms with Crippen molar-refractivity contribution in [1.29, 1.82) is 0 Å². The quantitative estimate of drug-likeness (QED) is 0.172. The highest BCUT2D eigenvalue weighted by Gasteiger charge is 2.11. The Kier molecular flexibility index (Phi) is 12.4. The molecule has 276 valence electrons. The Balaban J connectivity index is 0.000000167. The van der Waals surface area contributed by atoms with Gasteiger partial charge in [0.1, 0.15) is 24.7 Å². The molecule has 2 aliphatic rings. The summed E-state index contributed by atoms with van der Waals surface area (Å²) in [7, 11) is 0. The number of fused-ring (bicyclic) bond motifs is 2. The van der Waals surface area contributed by atoms with Crippen LogP contribution >= 0.6 is 0 Å². The Morgan fingerprint density at radius 2 is 1.04 bits per heavy atom. The van der Waals surface area contributed by atoms with Crippen LogP contribution in [-0.4, -0.2) is 32.2 Å². The van der Waals surface area contributed by atoms with E-state index in [9.17, 15) is 9.59 Å². The summed E-state index contributed by atoms with van der Waals surface area (Å²) in [4.78, 5) is 33.2. The number of nitrogens with one attached hydrogen (secondary N) is 2. The molecular formula is C44H46N6O4. The molecule has 6 heterocycles. The molecule has 2 aliphatic heterocycles. The minimum absolute atomic E-state index is 0.0480. The maximum absolute atomic E-state index is 12.4. The van der Waals surface area contributed by atoms with Crippen LogP contribution in [0.3, 0.4) is 0 Å². The van der Waals surface area contributed by atoms with E-state index < -0.39 is 0 Å². The van der Waals surface area contributed by atoms with Gasteiger partial charge in [-0.2, -0.15) is 0 Å². The molecule has 54 heavy (non-hydrogen) atoms. The fourth-order valence-electron chi connectivity index (χ4n) is 6.69. The highest BCUT2D eigenvalue weighted by Crippen LogP contribution is 2.18. The van der Waals surface area contributed by atoms with Gasteiger partial charge in [0.15, 0.2) is 0 Å². The highest BCUT2D eigenvalue weighted by molar-refractivity contribution is 5.35. The summed E-state index contributed by atoms with van der Waals surface area (Å²) in [5.74, 6) is 1.14. The molecule has 0 aliphatic carbocycles. The Hall–Kier alpha value is -5.84. The van der Waals surface area contributed by atoms with Gasteiger partial charge >= 0.3 is 0 Å². The van der Waals surface area contributed by atoms with Crippen LogP contribution in [0.1, 0.15) is 44.8 Å². The number of hydrogen-bond donors (Lipinski definition) is 2. The molecule has 6 aromatic rings. The molecule has 0 amide bonds. The normalized spacial score (nSPS) is 13.2. The number of aromatic nitrogens is 4. The van der Waals surface area contributed by atoms with Crippen LogP contribution in [0.5, 0.6) is 11.5 Å². The zero-order chi connectivity index (χ0) is 37.0. The van der Waals surface area contributed by atoms with Crippen molar-refractivity contribution in [3.63, 3.8) is 0 Å². The number of benzene rings is 2. The first-order chi connectivity index (χ1) is 26.6. The summed E-state index contributed by atoms with van der Waals surface area (Å²) < 4.78 is 14.8. The van der Waals surface area contributed by atoms with Crippen LogP contribution in [0, 0.1) is 0 Å². The summed E-state index contributed by atoms with van der Waals surface area (Å²) in [6.07, 6.45) is 10.9. The largest absolute Gasteiger partial charge is 0.487 e. The predicted octanol–water partition coefficient (Wildman–Crippen LogP) is 5.42. The second-order valence-electron chi connectivity index (χ2n) is 13.6. The standard InChI is InChI=1S/2C22H23N3O2/c2*26-22-14-21(27-16-20-3-1-2-9-24-20)8-12-25(22)11-7-17-4-5-18-6-10-23-15-19(18)13-17/h2*1-5,8-9,12-14,23H,6-7,10-11,15-16H2. The minimum atomic E-state index is -0.0480. The first-order valence-corrected chi connectivity index (χ1v) is 18.6. The van der Waals surface area contributed by atoms with E-state index in [1.54, 1.807) is 46.1 Å². The first-order valence-electron chi connectivity index (χ1n) is 18.6. The van der Waals surface area contributed by atoms with Crippen molar-refractivity contribution in [2.75, 3.05) is 13.1 Å². The van der Waals surface area contributed by atoms with E-state index >= 15 is 0 Å². The third-order valence-electron chi connectivity index (χ3n) is 9.76. The molecule has 10 heteroatoms. The number of nitrogens with zero attached hydrogens (tertiary/aromatic N) is 4. The lowest BCUT2D eigenvalue weighted by atomic mass is 9.97. The topological polar surface area (TPSA) is 112 Å². The molecule has 0 saturated carbocycles. The van der Waals surface area contributed by atoms with Gasteiger partial charge in [-0.3, -0.25) is 19.6 Å². The molecule has 0 bridgehead atoms. The van der Waals surface area contributed by atoms with Crippen molar-refractivity contribution < 1.29 is 9.47 Å². The first kappa shape index (κ1) is 36.5. The van der Waals surface area contributed by atoms with Crippen molar-refractivity contribution in [1.82, 2.24) is 29.7 Å². The van der Waals surface area contributed by atoms with E-state index in [1.165, 1.54) is 33.4 Å². The van der Waals surface area contributed by atoms with Crippen LogP contribution in [0.15, 0.2) is 131 Å². The lowest BCUT2D eigenvalue weighted by molar-refractivity contribution is 0.300. The van der Waals surface area contributed by atoms with E-state index in [1.807, 2.05) is 48.5 Å². The second-order valence-corrected chi connectivity index (χ2v) is 13.6. The molecule has 10 nitrogen and oxygen atoms in total. The van der Waals surface area contributed by atoms with Crippen molar-refractivity contribution in [3.8, 4) is 11.5 Å². The van der Waals surface area contributed by atoms with Gasteiger partial charge in [-0.1, -0.05) is 48.5 Å². The fraction of sp³-hybridized carbons (Fsp3) is 0.273. The fourth-order valence-corrected chi connectivity index (χ4v) is 6.69. The van der Waals surface area contributed by atoms with Gasteiger partial charge in [-0.05, 0) is 109 Å². The maximum atomic E-state index is 12.4. The molecule has 8 rings (SSSR count). The average molecular weight is 723 g/mol. The number of rotatable bonds is 12. The molecule has 0 spiro atoms. The zero-order valence-corrected chi connectivity index (χ0v) is 30.5. The van der Waals surface area contributed by atoms with Gasteiger partial charge in [-0.25, -0.2) is 0 Å². The summed E-state index contributed by atoms with van der Waals surface area (Å²) >= 11 is 0. The lowest BCUT2D eigenvalue weighted by Crippen LogP contribution is -2.24. The molecule has 2 aromatic carbocycles. The average Bonchev–Trinajstić information content (AvgIpc) is 3.22. The molecule has 0 saturated heterocycles. The van der Waals surface area contributed by atoms with Crippen molar-refractivity contribution in [2.24, 2.45) is 0 Å². The molecule has 0 fully saturated rings. The van der Waals surface area contributed by atoms with Gasteiger partial charge in [0.05, 0.1) is 11.4 Å². The molecule has 0 unspecified atom stereocenters. The summed E-state index contributed by atoms with van der Waals surface area (Å²) in [6, 6.07) is 31.4. The Labute approximate surface area is 315 Å². The zero-order valence-electron chi connectivity index (χ0n) is 30.5. The highest BCUT2D eigenvalue weighted by atomic mass is 16.5. The summed E-state index contributed by atoms with van der Waals surface area (Å²) in [5.41, 5.74) is 9.73. The molecule has 0 radical (unpaired) electrons. The van der Waals surface area contributed by atoms with Crippen molar-refractivity contribution >= 4 is 0 Å². The smallest absolute Gasteiger partial charge is 0.254 e. The van der Waals surface area contributed by atoms with Crippen LogP contribution in [0.2, 0.25) is 0 Å². The lowest BCUT2D eigenvalue weighted by Gasteiger charge is -2.18. The van der Waals surface area contributed by atoms with Gasteiger partial charge in [0.2, 0.25) is 0 Å². The van der Waals surface area contributed by atoms with Crippen LogP contribution < -0.4 is 31.2 Å². The van der Waals surface area contributed by atoms with E-state index in [2.05, 4.69) is 57.0 Å². The van der Waals surface area contributed by atoms with E-state index in [4.69, 9.17) is 9.47 Å². The van der Waals surface area contributed by atoms with Gasteiger partial charge in [0.25, 0.3) is 11.1 Å². The second kappa shape index (κ2) is 18.3. The number of pyridine rings is 4. The van der Waals surface area contributed by atoms with E-state index in [0.29, 0.717) is 37.8 Å². The van der Waals surface area contributed by atoms with Gasteiger partial charge in [-0.15, -0.1) is 0 Å². The Morgan fingerprint density at radius 1 is 0.556 bits per heavy atom. The molecule has 2 N–H and O–H groups in total. The third-order valence-corrected chi connectivity index (χ3v) is 9.76. The van der Waals surface area contributed by atoms with Gasteiger partial charge in [0, 0.05) is 63.1 Å². The maximum Gasteiger partial charge on any atom is 0.254 e. The monoisotopic (exact) mass is 722 g/mol. The van der Waals surface area contributed by atoms with Gasteiger partial charge < -0.3 is 29.2 Å². The minimum Gasteiger partial charge on any atom is -0.487 e. The molecular weight excluding hydrogens is 677 g/mol. The van der Waals surface area contributed by atoms with Crippen molar-refractivity contribution in [3.05, 3.63) is 187 Å². The molecule has 4 aromatic heterocycles. The molecule has 0 atom stereocenters. The SMILES string of the molecule is O=c1cc(OCc2ccccn2)ccn1CCc1ccc2c(c1)CNCC2.O=c1cc(OCc2ccccn2)ccn1CCc1ccc2c(c1)CNCC2. The summed E-state index contributed by atoms with van der Waals surface area (Å²) in [5, 5.41) is 6.81. The third kappa shape index (κ3) is 10.2. The predicted molar refractivity (Wildman–Crippen MR) is 210 cm³/mol.